The van der Waals surface area contributed by atoms with E-state index in [0.29, 0.717) is 0 Å². The maximum atomic E-state index is 12.3. The first-order valence-electron chi connectivity index (χ1n) is 8.07. The second-order valence-electron chi connectivity index (χ2n) is 6.68. The molecular weight excluding hydrogens is 410 g/mol. The average molecular weight is 434 g/mol. The largest absolute Gasteiger partial charge is 0.463 e. The van der Waals surface area contributed by atoms with E-state index in [1.807, 2.05) is 0 Å². The van der Waals surface area contributed by atoms with Crippen LogP contribution in [0.4, 0.5) is 0 Å². The molecule has 1 unspecified atom stereocenters. The molecule has 0 radical (unpaired) electrons. The Labute approximate surface area is 160 Å². The summed E-state index contributed by atoms with van der Waals surface area (Å²) in [4.78, 5) is 48.3. The average Bonchev–Trinajstić information content (AvgIpc) is 2.85. The first-order chi connectivity index (χ1) is 12.0. The van der Waals surface area contributed by atoms with Crippen molar-refractivity contribution in [2.45, 2.75) is 31.5 Å². The second kappa shape index (κ2) is 9.27. The quantitative estimate of drug-likeness (QED) is 0.221. The minimum Gasteiger partial charge on any atom is -0.463 e. The van der Waals surface area contributed by atoms with E-state index >= 15 is 0 Å². The Balaban J connectivity index is 2.51. The molecule has 1 aliphatic rings. The molecule has 1 rings (SSSR count). The van der Waals surface area contributed by atoms with Crippen LogP contribution in [0.25, 0.3) is 0 Å². The number of nitrogens with zero attached hydrogens (tertiary/aromatic N) is 1. The zero-order valence-electron chi connectivity index (χ0n) is 15.4. The molecule has 0 fully saturated rings. The van der Waals surface area contributed by atoms with Crippen LogP contribution >= 0.6 is 15.9 Å². The van der Waals surface area contributed by atoms with E-state index in [2.05, 4.69) is 15.9 Å². The molecule has 9 heteroatoms. The van der Waals surface area contributed by atoms with Crippen LogP contribution in [0.5, 0.6) is 0 Å². The van der Waals surface area contributed by atoms with Crippen LogP contribution in [0.15, 0.2) is 12.2 Å². The maximum Gasteiger partial charge on any atom is 0.322 e. The van der Waals surface area contributed by atoms with E-state index in [0.717, 1.165) is 4.90 Å². The lowest BCUT2D eigenvalue weighted by Crippen LogP contribution is -2.41. The summed E-state index contributed by atoms with van der Waals surface area (Å²) in [6, 6.07) is 0. The van der Waals surface area contributed by atoms with Gasteiger partial charge in [-0.2, -0.15) is 0 Å². The van der Waals surface area contributed by atoms with E-state index in [4.69, 9.17) is 14.2 Å². The normalized spacial score (nSPS) is 16.6. The molecule has 0 spiro atoms. The summed E-state index contributed by atoms with van der Waals surface area (Å²) in [5, 5.41) is 0. The van der Waals surface area contributed by atoms with Gasteiger partial charge in [0.15, 0.2) is 0 Å². The molecule has 1 heterocycles. The standard InChI is InChI=1S/C17H24BrNO7/c1-16(2,11-17(3,18)15(23)26-10-9-24-4)14(22)25-8-7-19-12(20)5-6-13(19)21/h5-6H,7-11H2,1-4H3. The number of halogens is 1. The predicted octanol–water partition coefficient (Wildman–Crippen LogP) is 1.21. The fourth-order valence-corrected chi connectivity index (χ4v) is 3.23. The number of ether oxygens (including phenoxy) is 3. The number of imide groups is 1. The van der Waals surface area contributed by atoms with Gasteiger partial charge in [-0.05, 0) is 27.2 Å². The number of hydrogen-bond donors (Lipinski definition) is 0. The van der Waals surface area contributed by atoms with Crippen LogP contribution in [0.1, 0.15) is 27.2 Å². The highest BCUT2D eigenvalue weighted by Crippen LogP contribution is 2.35. The minimum atomic E-state index is -1.08. The van der Waals surface area contributed by atoms with E-state index in [1.165, 1.54) is 19.3 Å². The highest BCUT2D eigenvalue weighted by atomic mass is 79.9. The molecule has 0 bridgehead atoms. The van der Waals surface area contributed by atoms with Crippen molar-refractivity contribution in [3.8, 4) is 0 Å². The Kier molecular flexibility index (Phi) is 7.95. The van der Waals surface area contributed by atoms with Gasteiger partial charge in [-0.15, -0.1) is 0 Å². The second-order valence-corrected chi connectivity index (χ2v) is 8.43. The summed E-state index contributed by atoms with van der Waals surface area (Å²) in [5.74, 6) is -1.91. The van der Waals surface area contributed by atoms with Gasteiger partial charge in [-0.3, -0.25) is 24.1 Å². The molecule has 1 atom stereocenters. The molecule has 2 amide bonds. The Hall–Kier alpha value is -1.74. The fourth-order valence-electron chi connectivity index (χ4n) is 2.42. The van der Waals surface area contributed by atoms with Crippen molar-refractivity contribution in [3.05, 3.63) is 12.2 Å². The number of alkyl halides is 1. The smallest absolute Gasteiger partial charge is 0.322 e. The van der Waals surface area contributed by atoms with Crippen LogP contribution in [-0.4, -0.2) is 66.5 Å². The van der Waals surface area contributed by atoms with E-state index < -0.39 is 33.5 Å². The summed E-state index contributed by atoms with van der Waals surface area (Å²) in [6.07, 6.45) is 2.47. The third kappa shape index (κ3) is 6.21. The van der Waals surface area contributed by atoms with Crippen molar-refractivity contribution in [1.82, 2.24) is 4.90 Å². The molecular formula is C17H24BrNO7. The SMILES string of the molecule is COCCOC(=O)C(C)(Br)CC(C)(C)C(=O)OCCN1C(=O)C=CC1=O. The van der Waals surface area contributed by atoms with Crippen molar-refractivity contribution in [3.63, 3.8) is 0 Å². The number of carbonyl (C=O) groups excluding carboxylic acids is 4. The number of amides is 2. The van der Waals surface area contributed by atoms with Crippen molar-refractivity contribution in [2.75, 3.05) is 33.5 Å². The third-order valence-electron chi connectivity index (χ3n) is 3.72. The van der Waals surface area contributed by atoms with Crippen LogP contribution in [0.2, 0.25) is 0 Å². The first kappa shape index (κ1) is 22.3. The summed E-state index contributed by atoms with van der Waals surface area (Å²) in [5.41, 5.74) is -0.990. The zero-order valence-corrected chi connectivity index (χ0v) is 17.0. The van der Waals surface area contributed by atoms with Crippen LogP contribution < -0.4 is 0 Å². The summed E-state index contributed by atoms with van der Waals surface area (Å²) >= 11 is 3.31. The van der Waals surface area contributed by atoms with Gasteiger partial charge >= 0.3 is 11.9 Å². The van der Waals surface area contributed by atoms with Gasteiger partial charge in [0.2, 0.25) is 0 Å². The van der Waals surface area contributed by atoms with Gasteiger partial charge in [0.1, 0.15) is 17.5 Å². The highest BCUT2D eigenvalue weighted by Gasteiger charge is 2.42. The molecule has 0 aromatic carbocycles. The van der Waals surface area contributed by atoms with Gasteiger partial charge in [0, 0.05) is 19.3 Å². The number of methoxy groups -OCH3 is 1. The van der Waals surface area contributed by atoms with Crippen molar-refractivity contribution < 1.29 is 33.4 Å². The number of hydrogen-bond acceptors (Lipinski definition) is 7. The third-order valence-corrected chi connectivity index (χ3v) is 4.33. The molecule has 0 aromatic heterocycles. The van der Waals surface area contributed by atoms with Gasteiger partial charge in [0.25, 0.3) is 11.8 Å². The first-order valence-corrected chi connectivity index (χ1v) is 8.86. The predicted molar refractivity (Wildman–Crippen MR) is 95.4 cm³/mol. The molecule has 0 aromatic rings. The molecule has 0 saturated carbocycles. The topological polar surface area (TPSA) is 99.2 Å². The summed E-state index contributed by atoms with van der Waals surface area (Å²) in [7, 11) is 1.50. The van der Waals surface area contributed by atoms with Crippen molar-refractivity contribution in [1.29, 1.82) is 0 Å². The van der Waals surface area contributed by atoms with Crippen molar-refractivity contribution >= 4 is 39.7 Å². The number of esters is 2. The lowest BCUT2D eigenvalue weighted by Gasteiger charge is -2.30. The Morgan fingerprint density at radius 3 is 2.08 bits per heavy atom. The molecule has 8 nitrogen and oxygen atoms in total. The lowest BCUT2D eigenvalue weighted by molar-refractivity contribution is -0.158. The van der Waals surface area contributed by atoms with E-state index in [1.54, 1.807) is 20.8 Å². The van der Waals surface area contributed by atoms with Crippen LogP contribution in [0, 0.1) is 5.41 Å². The van der Waals surface area contributed by atoms with Gasteiger partial charge < -0.3 is 14.2 Å². The lowest BCUT2D eigenvalue weighted by atomic mass is 9.83. The van der Waals surface area contributed by atoms with Crippen LogP contribution in [0.3, 0.4) is 0 Å². The van der Waals surface area contributed by atoms with Gasteiger partial charge in [-0.25, -0.2) is 0 Å². The van der Waals surface area contributed by atoms with E-state index in [9.17, 15) is 19.2 Å². The van der Waals surface area contributed by atoms with E-state index in [-0.39, 0.29) is 32.8 Å². The number of carbonyl (C=O) groups is 4. The minimum absolute atomic E-state index is 0.0167. The molecule has 0 saturated heterocycles. The highest BCUT2D eigenvalue weighted by molar-refractivity contribution is 9.10. The fraction of sp³-hybridized carbons (Fsp3) is 0.647. The summed E-state index contributed by atoms with van der Waals surface area (Å²) < 4.78 is 14.0. The molecule has 0 N–H and O–H groups in total. The Morgan fingerprint density at radius 1 is 1.00 bits per heavy atom. The maximum absolute atomic E-state index is 12.3. The monoisotopic (exact) mass is 433 g/mol. The van der Waals surface area contributed by atoms with Crippen LogP contribution in [-0.2, 0) is 33.4 Å². The number of rotatable bonds is 10. The molecule has 146 valence electrons. The molecule has 1 aliphatic heterocycles. The molecule has 26 heavy (non-hydrogen) atoms. The Morgan fingerprint density at radius 2 is 1.54 bits per heavy atom. The summed E-state index contributed by atoms with van der Waals surface area (Å²) in [6.45, 7) is 5.17. The van der Waals surface area contributed by atoms with Gasteiger partial charge in [0.05, 0.1) is 18.6 Å². The zero-order chi connectivity index (χ0) is 20.0. The molecule has 0 aliphatic carbocycles. The van der Waals surface area contributed by atoms with Crippen molar-refractivity contribution in [2.24, 2.45) is 5.41 Å². The van der Waals surface area contributed by atoms with Gasteiger partial charge in [-0.1, -0.05) is 15.9 Å². The Bertz CT molecular complexity index is 580.